The second kappa shape index (κ2) is 9.67. The van der Waals surface area contributed by atoms with Crippen LogP contribution >= 0.6 is 0 Å². The van der Waals surface area contributed by atoms with Gasteiger partial charge in [0.2, 0.25) is 0 Å². The second-order valence-corrected chi connectivity index (χ2v) is 6.98. The maximum Gasteiger partial charge on any atom is 0.191 e. The molecule has 2 N–H and O–H groups in total. The Morgan fingerprint density at radius 2 is 1.88 bits per heavy atom. The first-order valence-electron chi connectivity index (χ1n) is 9.24. The lowest BCUT2D eigenvalue weighted by atomic mass is 9.83. The summed E-state index contributed by atoms with van der Waals surface area (Å²) in [6.07, 6.45) is 6.39. The summed E-state index contributed by atoms with van der Waals surface area (Å²) < 4.78 is 5.32. The Hall–Kier alpha value is -1.55. The van der Waals surface area contributed by atoms with E-state index in [1.165, 1.54) is 36.8 Å². The molecule has 24 heavy (non-hydrogen) atoms. The van der Waals surface area contributed by atoms with Crippen molar-refractivity contribution in [1.82, 2.24) is 10.6 Å². The van der Waals surface area contributed by atoms with Gasteiger partial charge in [-0.05, 0) is 44.1 Å². The van der Waals surface area contributed by atoms with Crippen LogP contribution in [0.1, 0.15) is 50.2 Å². The van der Waals surface area contributed by atoms with Crippen molar-refractivity contribution in [2.75, 3.05) is 26.8 Å². The lowest BCUT2D eigenvalue weighted by Gasteiger charge is -2.30. The van der Waals surface area contributed by atoms with Crippen LogP contribution in [0.2, 0.25) is 0 Å². The molecule has 4 nitrogen and oxygen atoms in total. The molecule has 0 spiro atoms. The monoisotopic (exact) mass is 331 g/mol. The van der Waals surface area contributed by atoms with Gasteiger partial charge in [0.1, 0.15) is 0 Å². The van der Waals surface area contributed by atoms with Crippen LogP contribution in [0.25, 0.3) is 0 Å². The van der Waals surface area contributed by atoms with Gasteiger partial charge in [-0.25, -0.2) is 4.99 Å². The summed E-state index contributed by atoms with van der Waals surface area (Å²) >= 11 is 0. The van der Waals surface area contributed by atoms with Gasteiger partial charge in [0.15, 0.2) is 5.96 Å². The fourth-order valence-corrected chi connectivity index (χ4v) is 3.44. The molecule has 1 aromatic rings. The Morgan fingerprint density at radius 1 is 1.17 bits per heavy atom. The van der Waals surface area contributed by atoms with Gasteiger partial charge in [-0.3, -0.25) is 0 Å². The third kappa shape index (κ3) is 5.82. The molecule has 0 radical (unpaired) electrons. The van der Waals surface area contributed by atoms with Crippen molar-refractivity contribution < 1.29 is 4.74 Å². The number of methoxy groups -OCH3 is 1. The molecule has 0 amide bonds. The molecule has 0 saturated heterocycles. The topological polar surface area (TPSA) is 45.7 Å². The zero-order valence-corrected chi connectivity index (χ0v) is 15.5. The lowest BCUT2D eigenvalue weighted by Crippen LogP contribution is -2.43. The first kappa shape index (κ1) is 18.8. The molecule has 0 atom stereocenters. The van der Waals surface area contributed by atoms with Crippen molar-refractivity contribution in [3.05, 3.63) is 35.4 Å². The van der Waals surface area contributed by atoms with E-state index in [9.17, 15) is 0 Å². The molecule has 0 unspecified atom stereocenters. The van der Waals surface area contributed by atoms with E-state index in [1.807, 2.05) is 0 Å². The minimum absolute atomic E-state index is 0.371. The normalized spacial score (nSPS) is 17.0. The highest BCUT2D eigenvalue weighted by molar-refractivity contribution is 5.79. The maximum absolute atomic E-state index is 5.32. The molecule has 0 aromatic heterocycles. The lowest BCUT2D eigenvalue weighted by molar-refractivity contribution is 0.138. The minimum Gasteiger partial charge on any atom is -0.385 e. The zero-order valence-electron chi connectivity index (χ0n) is 15.5. The molecule has 1 aromatic carbocycles. The van der Waals surface area contributed by atoms with Gasteiger partial charge in [0.25, 0.3) is 0 Å². The number of rotatable bonds is 8. The van der Waals surface area contributed by atoms with E-state index in [1.54, 1.807) is 7.11 Å². The highest BCUT2D eigenvalue weighted by atomic mass is 16.5. The molecular weight excluding hydrogens is 298 g/mol. The Kier molecular flexibility index (Phi) is 7.57. The third-order valence-corrected chi connectivity index (χ3v) is 5.02. The quantitative estimate of drug-likeness (QED) is 0.564. The number of guanidine groups is 1. The van der Waals surface area contributed by atoms with Crippen molar-refractivity contribution in [3.63, 3.8) is 0 Å². The van der Waals surface area contributed by atoms with Gasteiger partial charge >= 0.3 is 0 Å². The largest absolute Gasteiger partial charge is 0.385 e. The maximum atomic E-state index is 5.32. The average Bonchev–Trinajstić information content (AvgIpc) is 3.06. The standard InChI is InChI=1S/C20H33N3O/c1-4-21-19(22-15-18-9-7-17(2)8-10-18)23-16-20(13-14-24-3)11-5-6-12-20/h7-10H,4-6,11-16H2,1-3H3,(H2,21,22,23). The van der Waals surface area contributed by atoms with E-state index in [4.69, 9.17) is 9.73 Å². The minimum atomic E-state index is 0.371. The van der Waals surface area contributed by atoms with Crippen LogP contribution < -0.4 is 10.6 Å². The zero-order chi connectivity index (χ0) is 17.3. The van der Waals surface area contributed by atoms with E-state index in [0.717, 1.165) is 32.1 Å². The van der Waals surface area contributed by atoms with E-state index in [2.05, 4.69) is 48.7 Å². The van der Waals surface area contributed by atoms with E-state index in [0.29, 0.717) is 12.0 Å². The van der Waals surface area contributed by atoms with Crippen molar-refractivity contribution in [3.8, 4) is 0 Å². The van der Waals surface area contributed by atoms with Crippen LogP contribution in [0.3, 0.4) is 0 Å². The predicted molar refractivity (Wildman–Crippen MR) is 101 cm³/mol. The SMILES string of the molecule is CCNC(=NCc1ccc(C)cc1)NCC1(CCOC)CCCC1. The van der Waals surface area contributed by atoms with Gasteiger partial charge in [-0.15, -0.1) is 0 Å². The fourth-order valence-electron chi connectivity index (χ4n) is 3.44. The first-order valence-corrected chi connectivity index (χ1v) is 9.24. The molecule has 0 aliphatic heterocycles. The smallest absolute Gasteiger partial charge is 0.191 e. The summed E-state index contributed by atoms with van der Waals surface area (Å²) in [5.74, 6) is 0.918. The molecule has 1 fully saturated rings. The van der Waals surface area contributed by atoms with Crippen molar-refractivity contribution in [1.29, 1.82) is 0 Å². The third-order valence-electron chi connectivity index (χ3n) is 5.02. The number of hydrogen-bond donors (Lipinski definition) is 2. The summed E-state index contributed by atoms with van der Waals surface area (Å²) in [4.78, 5) is 4.75. The van der Waals surface area contributed by atoms with E-state index >= 15 is 0 Å². The van der Waals surface area contributed by atoms with Gasteiger partial charge in [-0.1, -0.05) is 42.7 Å². The fraction of sp³-hybridized carbons (Fsp3) is 0.650. The number of nitrogens with zero attached hydrogens (tertiary/aromatic N) is 1. The van der Waals surface area contributed by atoms with E-state index in [-0.39, 0.29) is 0 Å². The van der Waals surface area contributed by atoms with Crippen LogP contribution in [-0.4, -0.2) is 32.8 Å². The number of nitrogens with one attached hydrogen (secondary N) is 2. The molecule has 4 heteroatoms. The molecule has 134 valence electrons. The number of aliphatic imine (C=N–C) groups is 1. The van der Waals surface area contributed by atoms with Crippen molar-refractivity contribution in [2.24, 2.45) is 10.4 Å². The molecule has 0 bridgehead atoms. The van der Waals surface area contributed by atoms with Crippen molar-refractivity contribution >= 4 is 5.96 Å². The van der Waals surface area contributed by atoms with Crippen LogP contribution in [0.4, 0.5) is 0 Å². The van der Waals surface area contributed by atoms with E-state index < -0.39 is 0 Å². The number of ether oxygens (including phenoxy) is 1. The van der Waals surface area contributed by atoms with Crippen LogP contribution in [0.5, 0.6) is 0 Å². The Labute approximate surface area is 147 Å². The van der Waals surface area contributed by atoms with Gasteiger partial charge < -0.3 is 15.4 Å². The summed E-state index contributed by atoms with van der Waals surface area (Å²) in [6.45, 7) is 7.64. The highest BCUT2D eigenvalue weighted by Gasteiger charge is 2.33. The highest BCUT2D eigenvalue weighted by Crippen LogP contribution is 2.40. The van der Waals surface area contributed by atoms with Crippen LogP contribution in [-0.2, 0) is 11.3 Å². The Morgan fingerprint density at radius 3 is 2.50 bits per heavy atom. The van der Waals surface area contributed by atoms with Gasteiger partial charge in [0.05, 0.1) is 6.54 Å². The first-order chi connectivity index (χ1) is 11.7. The van der Waals surface area contributed by atoms with Gasteiger partial charge in [0, 0.05) is 26.8 Å². The molecule has 1 aliphatic rings. The summed E-state index contributed by atoms with van der Waals surface area (Å²) in [7, 11) is 1.79. The number of hydrogen-bond acceptors (Lipinski definition) is 2. The van der Waals surface area contributed by atoms with Crippen molar-refractivity contribution in [2.45, 2.75) is 52.5 Å². The second-order valence-electron chi connectivity index (χ2n) is 6.98. The summed E-state index contributed by atoms with van der Waals surface area (Å²) in [6, 6.07) is 8.59. The Bertz CT molecular complexity index is 504. The summed E-state index contributed by atoms with van der Waals surface area (Å²) in [5.41, 5.74) is 2.90. The molecule has 1 aliphatic carbocycles. The van der Waals surface area contributed by atoms with Crippen LogP contribution in [0, 0.1) is 12.3 Å². The predicted octanol–water partition coefficient (Wildman–Crippen LogP) is 3.65. The Balaban J connectivity index is 1.93. The molecule has 2 rings (SSSR count). The number of benzene rings is 1. The summed E-state index contributed by atoms with van der Waals surface area (Å²) in [5, 5.41) is 6.95. The molecule has 0 heterocycles. The number of aryl methyl sites for hydroxylation is 1. The van der Waals surface area contributed by atoms with Crippen LogP contribution in [0.15, 0.2) is 29.3 Å². The van der Waals surface area contributed by atoms with Gasteiger partial charge in [-0.2, -0.15) is 0 Å². The molecule has 1 saturated carbocycles. The molecular formula is C20H33N3O. The average molecular weight is 332 g/mol.